The van der Waals surface area contributed by atoms with E-state index in [0.29, 0.717) is 29.5 Å². The van der Waals surface area contributed by atoms with Crippen LogP contribution in [0.2, 0.25) is 0 Å². The summed E-state index contributed by atoms with van der Waals surface area (Å²) in [5.41, 5.74) is 0.718. The number of anilines is 1. The number of rotatable bonds is 2. The molecule has 0 aliphatic carbocycles. The second kappa shape index (κ2) is 4.94. The van der Waals surface area contributed by atoms with E-state index in [4.69, 9.17) is 0 Å². The van der Waals surface area contributed by atoms with Gasteiger partial charge in [0.05, 0.1) is 15.4 Å². The standard InChI is InChI=1S/C15H14BrFN2O2/c1-15(14(20)21)3-5-19(8-15)13-2-4-18-12-7-11(17)10(16)6-9(12)13/h2,4,6-7H,3,5,8H2,1H3,(H,20,21). The van der Waals surface area contributed by atoms with Crippen molar-refractivity contribution in [3.05, 3.63) is 34.7 Å². The molecule has 110 valence electrons. The molecule has 1 N–H and O–H groups in total. The van der Waals surface area contributed by atoms with E-state index in [0.717, 1.165) is 11.1 Å². The number of carbonyl (C=O) groups is 1. The summed E-state index contributed by atoms with van der Waals surface area (Å²) >= 11 is 3.19. The maximum Gasteiger partial charge on any atom is 0.311 e. The predicted octanol–water partition coefficient (Wildman–Crippen LogP) is 3.44. The smallest absolute Gasteiger partial charge is 0.311 e. The lowest BCUT2D eigenvalue weighted by molar-refractivity contribution is -0.146. The molecule has 0 amide bonds. The molecule has 1 atom stereocenters. The summed E-state index contributed by atoms with van der Waals surface area (Å²) in [6.45, 7) is 2.86. The molecule has 0 spiro atoms. The minimum absolute atomic E-state index is 0.357. The molecule has 3 rings (SSSR count). The summed E-state index contributed by atoms with van der Waals surface area (Å²) in [7, 11) is 0. The summed E-state index contributed by atoms with van der Waals surface area (Å²) in [6, 6.07) is 4.93. The van der Waals surface area contributed by atoms with Gasteiger partial charge in [0.2, 0.25) is 0 Å². The van der Waals surface area contributed by atoms with E-state index in [-0.39, 0.29) is 5.82 Å². The fourth-order valence-corrected chi connectivity index (χ4v) is 3.09. The number of carboxylic acids is 1. The number of carboxylic acid groups (broad SMARTS) is 1. The van der Waals surface area contributed by atoms with E-state index < -0.39 is 11.4 Å². The average molecular weight is 353 g/mol. The predicted molar refractivity (Wildman–Crippen MR) is 82.0 cm³/mol. The molecular weight excluding hydrogens is 339 g/mol. The zero-order valence-corrected chi connectivity index (χ0v) is 13.0. The Bertz CT molecular complexity index is 737. The van der Waals surface area contributed by atoms with Crippen LogP contribution in [0.5, 0.6) is 0 Å². The van der Waals surface area contributed by atoms with Crippen LogP contribution < -0.4 is 4.90 Å². The van der Waals surface area contributed by atoms with Crippen molar-refractivity contribution in [2.75, 3.05) is 18.0 Å². The van der Waals surface area contributed by atoms with E-state index in [9.17, 15) is 14.3 Å². The van der Waals surface area contributed by atoms with Crippen LogP contribution in [-0.4, -0.2) is 29.1 Å². The first-order chi connectivity index (χ1) is 9.90. The molecule has 2 aromatic rings. The highest BCUT2D eigenvalue weighted by Crippen LogP contribution is 2.37. The lowest BCUT2D eigenvalue weighted by Crippen LogP contribution is -2.31. The van der Waals surface area contributed by atoms with Crippen LogP contribution in [0.1, 0.15) is 13.3 Å². The van der Waals surface area contributed by atoms with Crippen molar-refractivity contribution in [2.45, 2.75) is 13.3 Å². The van der Waals surface area contributed by atoms with Crippen LogP contribution in [0, 0.1) is 11.2 Å². The molecule has 1 aromatic heterocycles. The molecule has 1 fully saturated rings. The molecule has 2 heterocycles. The van der Waals surface area contributed by atoms with Crippen molar-refractivity contribution in [1.29, 1.82) is 0 Å². The first kappa shape index (κ1) is 14.3. The van der Waals surface area contributed by atoms with Crippen molar-refractivity contribution in [2.24, 2.45) is 5.41 Å². The second-order valence-corrected chi connectivity index (χ2v) is 6.51. The molecule has 1 aromatic carbocycles. The van der Waals surface area contributed by atoms with Crippen LogP contribution >= 0.6 is 15.9 Å². The van der Waals surface area contributed by atoms with E-state index >= 15 is 0 Å². The van der Waals surface area contributed by atoms with E-state index in [2.05, 4.69) is 20.9 Å². The number of hydrogen-bond acceptors (Lipinski definition) is 3. The number of halogens is 2. The van der Waals surface area contributed by atoms with Gasteiger partial charge in [0.25, 0.3) is 0 Å². The Balaban J connectivity index is 2.06. The molecular formula is C15H14BrFN2O2. The number of benzene rings is 1. The zero-order chi connectivity index (χ0) is 15.2. The Kier molecular flexibility index (Phi) is 3.36. The molecule has 6 heteroatoms. The topological polar surface area (TPSA) is 53.4 Å². The van der Waals surface area contributed by atoms with Gasteiger partial charge in [-0.15, -0.1) is 0 Å². The Morgan fingerprint density at radius 3 is 2.95 bits per heavy atom. The van der Waals surface area contributed by atoms with Crippen LogP contribution in [0.15, 0.2) is 28.9 Å². The third kappa shape index (κ3) is 2.37. The van der Waals surface area contributed by atoms with Gasteiger partial charge in [0, 0.05) is 36.4 Å². The average Bonchev–Trinajstić information content (AvgIpc) is 2.83. The van der Waals surface area contributed by atoms with Crippen molar-refractivity contribution in [3.8, 4) is 0 Å². The molecule has 0 saturated carbocycles. The number of hydrogen-bond donors (Lipinski definition) is 1. The first-order valence-corrected chi connectivity index (χ1v) is 7.42. The summed E-state index contributed by atoms with van der Waals surface area (Å²) < 4.78 is 14.0. The van der Waals surface area contributed by atoms with Gasteiger partial charge in [0.15, 0.2) is 0 Å². The molecule has 1 unspecified atom stereocenters. The summed E-state index contributed by atoms with van der Waals surface area (Å²) in [4.78, 5) is 17.6. The van der Waals surface area contributed by atoms with Gasteiger partial charge in [-0.25, -0.2) is 4.39 Å². The fraction of sp³-hybridized carbons (Fsp3) is 0.333. The maximum atomic E-state index is 13.6. The minimum atomic E-state index is -0.782. The first-order valence-electron chi connectivity index (χ1n) is 6.63. The largest absolute Gasteiger partial charge is 0.481 e. The normalized spacial score (nSPS) is 22.0. The number of pyridine rings is 1. The molecule has 0 bridgehead atoms. The maximum absolute atomic E-state index is 13.6. The molecule has 1 saturated heterocycles. The van der Waals surface area contributed by atoms with Gasteiger partial charge < -0.3 is 10.0 Å². The zero-order valence-electron chi connectivity index (χ0n) is 11.4. The van der Waals surface area contributed by atoms with Crippen LogP contribution in [-0.2, 0) is 4.79 Å². The van der Waals surface area contributed by atoms with Gasteiger partial charge in [-0.05, 0) is 41.4 Å². The van der Waals surface area contributed by atoms with Crippen molar-refractivity contribution in [3.63, 3.8) is 0 Å². The third-order valence-electron chi connectivity index (χ3n) is 4.09. The molecule has 4 nitrogen and oxygen atoms in total. The van der Waals surface area contributed by atoms with Gasteiger partial charge >= 0.3 is 5.97 Å². The van der Waals surface area contributed by atoms with Crippen LogP contribution in [0.3, 0.4) is 0 Å². The second-order valence-electron chi connectivity index (χ2n) is 5.65. The monoisotopic (exact) mass is 352 g/mol. The number of aromatic nitrogens is 1. The number of aliphatic carboxylic acids is 1. The molecule has 1 aliphatic heterocycles. The Hall–Kier alpha value is -1.69. The van der Waals surface area contributed by atoms with Crippen molar-refractivity contribution >= 4 is 38.5 Å². The highest BCUT2D eigenvalue weighted by Gasteiger charge is 2.40. The van der Waals surface area contributed by atoms with E-state index in [1.165, 1.54) is 6.07 Å². The van der Waals surface area contributed by atoms with Gasteiger partial charge in [-0.2, -0.15) is 0 Å². The van der Waals surface area contributed by atoms with E-state index in [1.807, 2.05) is 11.0 Å². The molecule has 0 radical (unpaired) electrons. The van der Waals surface area contributed by atoms with Gasteiger partial charge in [-0.3, -0.25) is 9.78 Å². The van der Waals surface area contributed by atoms with Crippen LogP contribution in [0.25, 0.3) is 10.9 Å². The van der Waals surface area contributed by atoms with Crippen molar-refractivity contribution < 1.29 is 14.3 Å². The molecule has 1 aliphatic rings. The quantitative estimate of drug-likeness (QED) is 0.899. The Labute approximate surface area is 129 Å². The van der Waals surface area contributed by atoms with Crippen LogP contribution in [0.4, 0.5) is 10.1 Å². The lowest BCUT2D eigenvalue weighted by atomic mass is 9.90. The Morgan fingerprint density at radius 1 is 1.52 bits per heavy atom. The van der Waals surface area contributed by atoms with Crippen molar-refractivity contribution in [1.82, 2.24) is 4.98 Å². The number of fused-ring (bicyclic) bond motifs is 1. The highest BCUT2D eigenvalue weighted by molar-refractivity contribution is 9.10. The lowest BCUT2D eigenvalue weighted by Gasteiger charge is -2.23. The Morgan fingerprint density at radius 2 is 2.29 bits per heavy atom. The third-order valence-corrected chi connectivity index (χ3v) is 4.70. The SMILES string of the molecule is CC1(C(=O)O)CCN(c2ccnc3cc(F)c(Br)cc23)C1. The molecule has 21 heavy (non-hydrogen) atoms. The highest BCUT2D eigenvalue weighted by atomic mass is 79.9. The fourth-order valence-electron chi connectivity index (χ4n) is 2.74. The van der Waals surface area contributed by atoms with Gasteiger partial charge in [0.1, 0.15) is 5.82 Å². The number of nitrogens with zero attached hydrogens (tertiary/aromatic N) is 2. The summed E-state index contributed by atoms with van der Waals surface area (Å²) in [5.74, 6) is -1.14. The summed E-state index contributed by atoms with van der Waals surface area (Å²) in [6.07, 6.45) is 2.22. The minimum Gasteiger partial charge on any atom is -0.481 e. The van der Waals surface area contributed by atoms with Gasteiger partial charge in [-0.1, -0.05) is 0 Å². The summed E-state index contributed by atoms with van der Waals surface area (Å²) in [5, 5.41) is 10.2. The van der Waals surface area contributed by atoms with E-state index in [1.54, 1.807) is 19.2 Å².